The number of rotatable bonds is 22. The minimum atomic E-state index is -0.698. The number of unbranched alkanes of at least 4 members (excludes halogenated alkanes) is 6. The van der Waals surface area contributed by atoms with Gasteiger partial charge in [-0.2, -0.15) is 0 Å². The average Bonchev–Trinajstić information content (AvgIpc) is 4.09. The predicted octanol–water partition coefficient (Wildman–Crippen LogP) is 8.28. The third-order valence-corrected chi connectivity index (χ3v) is 13.8. The number of nitrogens with zero attached hydrogens (tertiary/aromatic N) is 6. The number of halogens is 2. The molecule has 1 atom stereocenters. The van der Waals surface area contributed by atoms with Gasteiger partial charge in [0.1, 0.15) is 11.9 Å². The number of amides is 4. The molecule has 348 valence electrons. The number of carbonyl (C=O) groups is 4. The number of thiazole rings is 1. The lowest BCUT2D eigenvalue weighted by Gasteiger charge is -2.38. The Hall–Kier alpha value is -5.78. The van der Waals surface area contributed by atoms with Crippen molar-refractivity contribution in [3.05, 3.63) is 106 Å². The number of aromatic nitrogens is 5. The molecule has 3 aliphatic rings. The van der Waals surface area contributed by atoms with Crippen LogP contribution in [0.4, 0.5) is 21.0 Å². The van der Waals surface area contributed by atoms with Crippen LogP contribution in [0.1, 0.15) is 117 Å². The number of pyridine rings is 1. The van der Waals surface area contributed by atoms with Crippen LogP contribution in [0.2, 0.25) is 5.02 Å². The molecule has 1 saturated carbocycles. The van der Waals surface area contributed by atoms with Gasteiger partial charge in [0.2, 0.25) is 17.7 Å². The van der Waals surface area contributed by atoms with Crippen LogP contribution < -0.4 is 26.0 Å². The number of piperidine rings is 1. The highest BCUT2D eigenvalue weighted by atomic mass is 35.5. The lowest BCUT2D eigenvalue weighted by molar-refractivity contribution is -0.137. The van der Waals surface area contributed by atoms with Gasteiger partial charge in [0.15, 0.2) is 16.7 Å². The molecule has 4 amide bonds. The minimum absolute atomic E-state index is 0.0464. The summed E-state index contributed by atoms with van der Waals surface area (Å²) in [6, 6.07) is 15.4. The lowest BCUT2D eigenvalue weighted by atomic mass is 9.68. The molecule has 8 rings (SSSR count). The van der Waals surface area contributed by atoms with Gasteiger partial charge in [0.05, 0.1) is 23.4 Å². The standard InChI is InChI=1S/C48H56ClFN10O5S/c49-36-13-10-15-39(44(36)50)65-33-20-22-48(23-21-33,29-32-11-8-16-41(53-32)55-47-52-26-28-66-47)40-31-59(58-57-40)27-25-51-24-7-5-3-1-2-4-6-17-42(61)54-37-14-9-12-34-35(37)30-60(46(34)64)38-18-19-43(62)56-45(38)63/h8-16,26,28,31,33,38,51H,1-7,17-25,27,29-30H2,(H,54,61)(H,52,53,55)(H,56,62,63)/t33-,38?,48-. The molecule has 2 fully saturated rings. The van der Waals surface area contributed by atoms with Gasteiger partial charge in [-0.3, -0.25) is 29.2 Å². The van der Waals surface area contributed by atoms with Crippen molar-refractivity contribution in [2.45, 2.75) is 127 Å². The Morgan fingerprint density at radius 2 is 1.74 bits per heavy atom. The maximum atomic E-state index is 14.7. The predicted molar refractivity (Wildman–Crippen MR) is 250 cm³/mol. The topological polar surface area (TPSA) is 185 Å². The summed E-state index contributed by atoms with van der Waals surface area (Å²) in [5, 5.41) is 24.2. The third-order valence-electron chi connectivity index (χ3n) is 12.8. The molecule has 5 heterocycles. The van der Waals surface area contributed by atoms with Crippen molar-refractivity contribution in [2.75, 3.05) is 23.7 Å². The molecule has 5 aromatic rings. The number of hydrogen-bond acceptors (Lipinski definition) is 12. The van der Waals surface area contributed by atoms with Crippen molar-refractivity contribution in [1.82, 2.24) is 40.5 Å². The molecule has 2 aliphatic heterocycles. The molecule has 1 aliphatic carbocycles. The quantitative estimate of drug-likeness (QED) is 0.0387. The maximum Gasteiger partial charge on any atom is 0.255 e. The smallest absolute Gasteiger partial charge is 0.255 e. The van der Waals surface area contributed by atoms with Crippen LogP contribution >= 0.6 is 22.9 Å². The maximum absolute atomic E-state index is 14.7. The Balaban J connectivity index is 0.730. The van der Waals surface area contributed by atoms with E-state index in [1.54, 1.807) is 36.5 Å². The van der Waals surface area contributed by atoms with Crippen LogP contribution in [-0.4, -0.2) is 78.7 Å². The Bertz CT molecular complexity index is 2480. The average molecular weight is 940 g/mol. The van der Waals surface area contributed by atoms with Crippen LogP contribution in [-0.2, 0) is 39.3 Å². The van der Waals surface area contributed by atoms with Gasteiger partial charge in [-0.25, -0.2) is 14.4 Å². The van der Waals surface area contributed by atoms with Gasteiger partial charge in [0, 0.05) is 78.0 Å². The number of carbonyl (C=O) groups excluding carboxylic acids is 4. The molecule has 2 aromatic carbocycles. The lowest BCUT2D eigenvalue weighted by Crippen LogP contribution is -2.52. The van der Waals surface area contributed by atoms with E-state index in [9.17, 15) is 23.6 Å². The van der Waals surface area contributed by atoms with Crippen molar-refractivity contribution in [3.63, 3.8) is 0 Å². The van der Waals surface area contributed by atoms with Crippen LogP contribution in [0, 0.1) is 5.82 Å². The molecule has 4 N–H and O–H groups in total. The van der Waals surface area contributed by atoms with Gasteiger partial charge in [-0.1, -0.05) is 67.1 Å². The second kappa shape index (κ2) is 22.1. The molecule has 18 heteroatoms. The second-order valence-corrected chi connectivity index (χ2v) is 18.7. The second-order valence-electron chi connectivity index (χ2n) is 17.4. The van der Waals surface area contributed by atoms with E-state index in [2.05, 4.69) is 37.7 Å². The normalized spacial score (nSPS) is 19.4. The Labute approximate surface area is 392 Å². The van der Waals surface area contributed by atoms with Gasteiger partial charge < -0.3 is 25.6 Å². The van der Waals surface area contributed by atoms with Gasteiger partial charge in [-0.05, 0) is 87.9 Å². The zero-order chi connectivity index (χ0) is 45.9. The molecule has 0 radical (unpaired) electrons. The van der Waals surface area contributed by atoms with Crippen LogP contribution in [0.5, 0.6) is 5.75 Å². The van der Waals surface area contributed by atoms with Crippen molar-refractivity contribution in [3.8, 4) is 5.75 Å². The number of hydrogen-bond donors (Lipinski definition) is 4. The summed E-state index contributed by atoms with van der Waals surface area (Å²) in [4.78, 5) is 60.8. The number of benzene rings is 2. The van der Waals surface area contributed by atoms with Gasteiger partial charge >= 0.3 is 0 Å². The Morgan fingerprint density at radius 1 is 0.955 bits per heavy atom. The first-order valence-corrected chi connectivity index (χ1v) is 24.3. The summed E-state index contributed by atoms with van der Waals surface area (Å²) in [7, 11) is 0. The van der Waals surface area contributed by atoms with Crippen molar-refractivity contribution < 1.29 is 28.3 Å². The first kappa shape index (κ1) is 46.7. The zero-order valence-electron chi connectivity index (χ0n) is 36.9. The number of fused-ring (bicyclic) bond motifs is 1. The van der Waals surface area contributed by atoms with E-state index in [-0.39, 0.29) is 53.0 Å². The number of anilines is 3. The summed E-state index contributed by atoms with van der Waals surface area (Å²) in [6.45, 7) is 2.59. The van der Waals surface area contributed by atoms with Crippen LogP contribution in [0.3, 0.4) is 0 Å². The van der Waals surface area contributed by atoms with Crippen molar-refractivity contribution in [1.29, 1.82) is 0 Å². The van der Waals surface area contributed by atoms with E-state index < -0.39 is 17.8 Å². The summed E-state index contributed by atoms with van der Waals surface area (Å²) < 4.78 is 22.8. The fourth-order valence-electron chi connectivity index (χ4n) is 9.23. The number of nitrogens with one attached hydrogen (secondary N) is 4. The largest absolute Gasteiger partial charge is 0.487 e. The summed E-state index contributed by atoms with van der Waals surface area (Å²) in [6.07, 6.45) is 15.4. The molecule has 66 heavy (non-hydrogen) atoms. The highest BCUT2D eigenvalue weighted by Crippen LogP contribution is 2.43. The fraction of sp³-hybridized carbons (Fsp3) is 0.458. The third kappa shape index (κ3) is 11.8. The molecule has 1 saturated heterocycles. The van der Waals surface area contributed by atoms with Crippen molar-refractivity contribution in [2.24, 2.45) is 0 Å². The first-order valence-electron chi connectivity index (χ1n) is 23.0. The number of imide groups is 1. The highest BCUT2D eigenvalue weighted by molar-refractivity contribution is 7.13. The van der Waals surface area contributed by atoms with Crippen molar-refractivity contribution >= 4 is 63.2 Å². The molecule has 0 spiro atoms. The first-order chi connectivity index (χ1) is 32.1. The summed E-state index contributed by atoms with van der Waals surface area (Å²) in [5.74, 6) is -0.762. The molecule has 15 nitrogen and oxygen atoms in total. The van der Waals surface area contributed by atoms with Crippen LogP contribution in [0.15, 0.2) is 72.4 Å². The summed E-state index contributed by atoms with van der Waals surface area (Å²) in [5.41, 5.74) is 3.31. The van der Waals surface area contributed by atoms with E-state index in [0.717, 1.165) is 93.2 Å². The zero-order valence-corrected chi connectivity index (χ0v) is 38.5. The van der Waals surface area contributed by atoms with E-state index >= 15 is 0 Å². The van der Waals surface area contributed by atoms with Gasteiger partial charge in [-0.15, -0.1) is 16.4 Å². The minimum Gasteiger partial charge on any atom is -0.487 e. The van der Waals surface area contributed by atoms with E-state index in [4.69, 9.17) is 26.4 Å². The molecular formula is C48H56ClFN10O5S. The molecular weight excluding hydrogens is 883 g/mol. The fourth-order valence-corrected chi connectivity index (χ4v) is 9.93. The van der Waals surface area contributed by atoms with E-state index in [0.29, 0.717) is 55.5 Å². The molecule has 1 unspecified atom stereocenters. The van der Waals surface area contributed by atoms with E-state index in [1.807, 2.05) is 28.3 Å². The van der Waals surface area contributed by atoms with E-state index in [1.165, 1.54) is 22.3 Å². The summed E-state index contributed by atoms with van der Waals surface area (Å²) >= 11 is 7.55. The molecule has 0 bridgehead atoms. The Morgan fingerprint density at radius 3 is 2.55 bits per heavy atom. The van der Waals surface area contributed by atoms with Crippen LogP contribution in [0.25, 0.3) is 0 Å². The van der Waals surface area contributed by atoms with Gasteiger partial charge in [0.25, 0.3) is 5.91 Å². The molecule has 3 aromatic heterocycles. The SMILES string of the molecule is O=C1CCC(N2Cc3c(NC(=O)CCCCCCCCCNCCn4cc([C@]5(Cc6cccc(Nc7nccs7)n6)CC[C@@H](Oc6cccc(Cl)c6F)CC5)nn4)cccc3C2=O)C(=O)N1. The Kier molecular flexibility index (Phi) is 15.7. The number of ether oxygens (including phenoxy) is 1. The highest BCUT2D eigenvalue weighted by Gasteiger charge is 2.42. The monoisotopic (exact) mass is 938 g/mol.